The van der Waals surface area contributed by atoms with E-state index in [1.807, 2.05) is 26.0 Å². The third kappa shape index (κ3) is 2.50. The maximum absolute atomic E-state index is 10.7. The Hall–Kier alpha value is -2.17. The Labute approximate surface area is 98.7 Å². The highest BCUT2D eigenvalue weighted by Gasteiger charge is 2.09. The summed E-state index contributed by atoms with van der Waals surface area (Å²) < 4.78 is 1.53. The molecule has 1 aromatic carbocycles. The first kappa shape index (κ1) is 11.3. The predicted molar refractivity (Wildman–Crippen MR) is 62.0 cm³/mol. The van der Waals surface area contributed by atoms with Crippen molar-refractivity contribution in [3.05, 3.63) is 46.8 Å². The Morgan fingerprint density at radius 2 is 2.18 bits per heavy atom. The molecule has 0 atom stereocenters. The maximum Gasteiger partial charge on any atom is 0.358 e. The quantitative estimate of drug-likeness (QED) is 0.871. The lowest BCUT2D eigenvalue weighted by Gasteiger charge is -2.06. The van der Waals surface area contributed by atoms with Crippen LogP contribution in [0.25, 0.3) is 0 Å². The number of carboxylic acid groups (broad SMARTS) is 1. The van der Waals surface area contributed by atoms with Crippen LogP contribution in [-0.2, 0) is 6.54 Å². The molecule has 1 N–H and O–H groups in total. The molecule has 2 rings (SSSR count). The van der Waals surface area contributed by atoms with Gasteiger partial charge in [-0.1, -0.05) is 29.0 Å². The van der Waals surface area contributed by atoms with Crippen LogP contribution in [0.1, 0.15) is 27.2 Å². The third-order valence-electron chi connectivity index (χ3n) is 2.59. The van der Waals surface area contributed by atoms with Crippen molar-refractivity contribution in [2.75, 3.05) is 0 Å². The van der Waals surface area contributed by atoms with E-state index in [-0.39, 0.29) is 5.69 Å². The Balaban J connectivity index is 2.25. The minimum Gasteiger partial charge on any atom is -0.476 e. The van der Waals surface area contributed by atoms with E-state index in [2.05, 4.69) is 16.4 Å². The van der Waals surface area contributed by atoms with Crippen LogP contribution in [0.4, 0.5) is 0 Å². The van der Waals surface area contributed by atoms with Crippen LogP contribution in [0.2, 0.25) is 0 Å². The zero-order valence-electron chi connectivity index (χ0n) is 9.71. The highest BCUT2D eigenvalue weighted by atomic mass is 16.4. The summed E-state index contributed by atoms with van der Waals surface area (Å²) in [6.07, 6.45) is 1.43. The van der Waals surface area contributed by atoms with Gasteiger partial charge in [0.15, 0.2) is 5.69 Å². The first-order chi connectivity index (χ1) is 8.06. The number of nitrogens with zero attached hydrogens (tertiary/aromatic N) is 3. The van der Waals surface area contributed by atoms with Gasteiger partial charge in [0.25, 0.3) is 0 Å². The van der Waals surface area contributed by atoms with Crippen LogP contribution in [0.5, 0.6) is 0 Å². The zero-order chi connectivity index (χ0) is 12.4. The molecule has 5 heteroatoms. The van der Waals surface area contributed by atoms with Crippen LogP contribution in [0.3, 0.4) is 0 Å². The van der Waals surface area contributed by atoms with Crippen molar-refractivity contribution in [3.63, 3.8) is 0 Å². The predicted octanol–water partition coefficient (Wildman–Crippen LogP) is 1.64. The molecule has 0 amide bonds. The Morgan fingerprint density at radius 3 is 2.82 bits per heavy atom. The van der Waals surface area contributed by atoms with E-state index in [9.17, 15) is 4.79 Å². The molecule has 2 aromatic rings. The molecular formula is C12H13N3O2. The number of hydrogen-bond donors (Lipinski definition) is 1. The van der Waals surface area contributed by atoms with E-state index in [0.29, 0.717) is 6.54 Å². The highest BCUT2D eigenvalue weighted by Crippen LogP contribution is 2.11. The topological polar surface area (TPSA) is 68.0 Å². The number of rotatable bonds is 3. The van der Waals surface area contributed by atoms with Crippen LogP contribution in [-0.4, -0.2) is 26.1 Å². The molecular weight excluding hydrogens is 218 g/mol. The molecule has 0 saturated carbocycles. The second kappa shape index (κ2) is 4.37. The smallest absolute Gasteiger partial charge is 0.358 e. The molecule has 17 heavy (non-hydrogen) atoms. The molecule has 0 radical (unpaired) electrons. The van der Waals surface area contributed by atoms with E-state index in [1.54, 1.807) is 0 Å². The van der Waals surface area contributed by atoms with Crippen molar-refractivity contribution < 1.29 is 9.90 Å². The van der Waals surface area contributed by atoms with Gasteiger partial charge in [-0.2, -0.15) is 0 Å². The van der Waals surface area contributed by atoms with Gasteiger partial charge in [-0.3, -0.25) is 0 Å². The minimum atomic E-state index is -1.06. The summed E-state index contributed by atoms with van der Waals surface area (Å²) in [5.74, 6) is -1.06. The van der Waals surface area contributed by atoms with Gasteiger partial charge in [0.1, 0.15) is 0 Å². The van der Waals surface area contributed by atoms with Crippen molar-refractivity contribution in [1.29, 1.82) is 0 Å². The van der Waals surface area contributed by atoms with Crippen molar-refractivity contribution in [2.45, 2.75) is 20.4 Å². The van der Waals surface area contributed by atoms with E-state index in [0.717, 1.165) is 11.1 Å². The third-order valence-corrected chi connectivity index (χ3v) is 2.59. The lowest BCUT2D eigenvalue weighted by Crippen LogP contribution is -2.02. The minimum absolute atomic E-state index is 0.0321. The second-order valence-electron chi connectivity index (χ2n) is 4.04. The van der Waals surface area contributed by atoms with E-state index in [1.165, 1.54) is 16.4 Å². The standard InChI is InChI=1S/C12H13N3O2/c1-8-3-4-9(2)10(5-8)6-15-7-11(12(16)17)13-14-15/h3-5,7H,6H2,1-2H3,(H,16,17). The number of aromatic carboxylic acids is 1. The molecule has 0 saturated heterocycles. The van der Waals surface area contributed by atoms with Crippen LogP contribution in [0.15, 0.2) is 24.4 Å². The van der Waals surface area contributed by atoms with Crippen molar-refractivity contribution in [1.82, 2.24) is 15.0 Å². The van der Waals surface area contributed by atoms with Gasteiger partial charge in [0.2, 0.25) is 0 Å². The number of hydrogen-bond acceptors (Lipinski definition) is 3. The van der Waals surface area contributed by atoms with Gasteiger partial charge >= 0.3 is 5.97 Å². The fourth-order valence-electron chi connectivity index (χ4n) is 1.62. The summed E-state index contributed by atoms with van der Waals surface area (Å²) in [7, 11) is 0. The van der Waals surface area contributed by atoms with Crippen molar-refractivity contribution in [3.8, 4) is 0 Å². The lowest BCUT2D eigenvalue weighted by atomic mass is 10.1. The fraction of sp³-hybridized carbons (Fsp3) is 0.250. The van der Waals surface area contributed by atoms with E-state index >= 15 is 0 Å². The molecule has 1 aromatic heterocycles. The zero-order valence-corrected chi connectivity index (χ0v) is 9.71. The SMILES string of the molecule is Cc1ccc(C)c(Cn2cc(C(=O)O)nn2)c1. The summed E-state index contributed by atoms with van der Waals surface area (Å²) in [4.78, 5) is 10.7. The molecule has 0 bridgehead atoms. The second-order valence-corrected chi connectivity index (χ2v) is 4.04. The monoisotopic (exact) mass is 231 g/mol. The highest BCUT2D eigenvalue weighted by molar-refractivity contribution is 5.84. The Morgan fingerprint density at radius 1 is 1.41 bits per heavy atom. The Kier molecular flexibility index (Phi) is 2.91. The Bertz CT molecular complexity index is 561. The molecule has 0 aliphatic rings. The molecule has 5 nitrogen and oxygen atoms in total. The van der Waals surface area contributed by atoms with Crippen LogP contribution in [0, 0.1) is 13.8 Å². The molecule has 0 aliphatic heterocycles. The fourth-order valence-corrected chi connectivity index (χ4v) is 1.62. The molecule has 0 spiro atoms. The van der Waals surface area contributed by atoms with Gasteiger partial charge < -0.3 is 5.11 Å². The largest absolute Gasteiger partial charge is 0.476 e. The normalized spacial score (nSPS) is 10.5. The summed E-state index contributed by atoms with van der Waals surface area (Å²) in [5.41, 5.74) is 3.41. The van der Waals surface area contributed by atoms with Gasteiger partial charge in [-0.05, 0) is 25.0 Å². The number of aryl methyl sites for hydroxylation is 2. The summed E-state index contributed by atoms with van der Waals surface area (Å²) in [5, 5.41) is 16.1. The average Bonchev–Trinajstić information content (AvgIpc) is 2.72. The van der Waals surface area contributed by atoms with E-state index in [4.69, 9.17) is 5.11 Å². The van der Waals surface area contributed by atoms with Gasteiger partial charge in [0.05, 0.1) is 12.7 Å². The van der Waals surface area contributed by atoms with Gasteiger partial charge in [-0.15, -0.1) is 5.10 Å². The summed E-state index contributed by atoms with van der Waals surface area (Å²) >= 11 is 0. The molecule has 88 valence electrons. The molecule has 0 aliphatic carbocycles. The van der Waals surface area contributed by atoms with Gasteiger partial charge in [-0.25, -0.2) is 9.48 Å². The number of aromatic nitrogens is 3. The van der Waals surface area contributed by atoms with Crippen molar-refractivity contribution in [2.24, 2.45) is 0 Å². The number of carboxylic acids is 1. The maximum atomic E-state index is 10.7. The van der Waals surface area contributed by atoms with Gasteiger partial charge in [0, 0.05) is 0 Å². The average molecular weight is 231 g/mol. The van der Waals surface area contributed by atoms with E-state index < -0.39 is 5.97 Å². The van der Waals surface area contributed by atoms with Crippen LogP contribution >= 0.6 is 0 Å². The first-order valence-corrected chi connectivity index (χ1v) is 5.26. The summed E-state index contributed by atoms with van der Waals surface area (Å²) in [6.45, 7) is 4.57. The molecule has 0 fully saturated rings. The number of carbonyl (C=O) groups is 1. The van der Waals surface area contributed by atoms with Crippen LogP contribution < -0.4 is 0 Å². The lowest BCUT2D eigenvalue weighted by molar-refractivity contribution is 0.0690. The molecule has 1 heterocycles. The number of benzene rings is 1. The van der Waals surface area contributed by atoms with Crippen molar-refractivity contribution >= 4 is 5.97 Å². The first-order valence-electron chi connectivity index (χ1n) is 5.26. The molecule has 0 unspecified atom stereocenters. The summed E-state index contributed by atoms with van der Waals surface area (Å²) in [6, 6.07) is 6.15.